The van der Waals surface area contributed by atoms with Gasteiger partial charge in [0.1, 0.15) is 6.61 Å². The number of esters is 1. The molecule has 0 aliphatic heterocycles. The van der Waals surface area contributed by atoms with Crippen LogP contribution in [0, 0.1) is 6.92 Å². The molecule has 0 spiro atoms. The van der Waals surface area contributed by atoms with Gasteiger partial charge in [-0.3, -0.25) is 0 Å². The fraction of sp³-hybridized carbons (Fsp3) is 0.118. The third kappa shape index (κ3) is 3.55. The van der Waals surface area contributed by atoms with Gasteiger partial charge in [0.25, 0.3) is 0 Å². The Hall–Kier alpha value is -2.35. The minimum absolute atomic E-state index is 0.282. The lowest BCUT2D eigenvalue weighted by Crippen LogP contribution is -2.05. The zero-order chi connectivity index (χ0) is 13.7. The zero-order valence-electron chi connectivity index (χ0n) is 10.9. The molecule has 0 heterocycles. The van der Waals surface area contributed by atoms with Crippen LogP contribution in [0.15, 0.2) is 55.1 Å². The summed E-state index contributed by atoms with van der Waals surface area (Å²) in [7, 11) is 0. The van der Waals surface area contributed by atoms with Gasteiger partial charge in [-0.1, -0.05) is 54.6 Å². The van der Waals surface area contributed by atoms with Gasteiger partial charge in [-0.05, 0) is 30.2 Å². The summed E-state index contributed by atoms with van der Waals surface area (Å²) in [6, 6.07) is 15.1. The lowest BCUT2D eigenvalue weighted by Gasteiger charge is -2.05. The Morgan fingerprint density at radius 3 is 2.32 bits per heavy atom. The number of hydrogen-bond acceptors (Lipinski definition) is 2. The van der Waals surface area contributed by atoms with Crippen LogP contribution in [-0.4, -0.2) is 5.97 Å². The summed E-state index contributed by atoms with van der Waals surface area (Å²) >= 11 is 0. The monoisotopic (exact) mass is 252 g/mol. The van der Waals surface area contributed by atoms with Crippen molar-refractivity contribution in [3.05, 3.63) is 77.4 Å². The Labute approximate surface area is 113 Å². The molecular weight excluding hydrogens is 236 g/mol. The van der Waals surface area contributed by atoms with Crippen molar-refractivity contribution >= 4 is 12.0 Å². The first-order valence-corrected chi connectivity index (χ1v) is 6.14. The molecule has 0 fully saturated rings. The van der Waals surface area contributed by atoms with Crippen molar-refractivity contribution in [2.75, 3.05) is 0 Å². The van der Waals surface area contributed by atoms with E-state index in [1.54, 1.807) is 18.2 Å². The number of benzene rings is 2. The summed E-state index contributed by atoms with van der Waals surface area (Å²) in [5, 5.41) is 0. The molecule has 2 heteroatoms. The average molecular weight is 252 g/mol. The molecule has 96 valence electrons. The van der Waals surface area contributed by atoms with E-state index in [4.69, 9.17) is 4.74 Å². The first-order valence-electron chi connectivity index (χ1n) is 6.14. The number of hydrogen-bond donors (Lipinski definition) is 0. The summed E-state index contributed by atoms with van der Waals surface area (Å²) in [5.41, 5.74) is 3.71. The van der Waals surface area contributed by atoms with Crippen LogP contribution in [0.1, 0.15) is 27.0 Å². The van der Waals surface area contributed by atoms with E-state index in [1.807, 2.05) is 43.3 Å². The highest BCUT2D eigenvalue weighted by molar-refractivity contribution is 5.89. The number of rotatable bonds is 4. The molecule has 0 aliphatic rings. The van der Waals surface area contributed by atoms with Crippen LogP contribution in [0.3, 0.4) is 0 Å². The van der Waals surface area contributed by atoms with Crippen LogP contribution in [0.5, 0.6) is 0 Å². The molecule has 0 N–H and O–H groups in total. The molecule has 19 heavy (non-hydrogen) atoms. The van der Waals surface area contributed by atoms with Crippen LogP contribution < -0.4 is 0 Å². The molecule has 2 aromatic carbocycles. The molecule has 2 rings (SSSR count). The van der Waals surface area contributed by atoms with E-state index in [9.17, 15) is 4.79 Å². The zero-order valence-corrected chi connectivity index (χ0v) is 10.9. The Balaban J connectivity index is 1.96. The smallest absolute Gasteiger partial charge is 0.338 e. The summed E-state index contributed by atoms with van der Waals surface area (Å²) in [5.74, 6) is -0.298. The van der Waals surface area contributed by atoms with E-state index in [-0.39, 0.29) is 12.6 Å². The third-order valence-electron chi connectivity index (χ3n) is 2.87. The highest BCUT2D eigenvalue weighted by Gasteiger charge is 2.06. The Kier molecular flexibility index (Phi) is 4.14. The molecule has 0 saturated carbocycles. The first-order chi connectivity index (χ1) is 9.19. The van der Waals surface area contributed by atoms with Gasteiger partial charge >= 0.3 is 5.97 Å². The topological polar surface area (TPSA) is 26.3 Å². The van der Waals surface area contributed by atoms with Crippen molar-refractivity contribution in [3.8, 4) is 0 Å². The van der Waals surface area contributed by atoms with E-state index < -0.39 is 0 Å². The second kappa shape index (κ2) is 6.01. The molecule has 0 aliphatic carbocycles. The van der Waals surface area contributed by atoms with Gasteiger partial charge in [0.05, 0.1) is 5.56 Å². The molecule has 0 bridgehead atoms. The summed E-state index contributed by atoms with van der Waals surface area (Å²) in [6.07, 6.45) is 1.78. The van der Waals surface area contributed by atoms with Crippen molar-refractivity contribution < 1.29 is 9.53 Å². The van der Waals surface area contributed by atoms with Crippen molar-refractivity contribution in [1.82, 2.24) is 0 Å². The maximum absolute atomic E-state index is 11.8. The van der Waals surface area contributed by atoms with E-state index >= 15 is 0 Å². The number of carbonyl (C=O) groups excluding carboxylic acids is 1. The highest BCUT2D eigenvalue weighted by atomic mass is 16.5. The standard InChI is InChI=1S/C17H16O2/c1-3-14-6-8-15(9-7-14)12-19-17(18)16-10-4-13(2)5-11-16/h3-11H,1,12H2,2H3. The van der Waals surface area contributed by atoms with Crippen molar-refractivity contribution in [1.29, 1.82) is 0 Å². The van der Waals surface area contributed by atoms with Crippen LogP contribution >= 0.6 is 0 Å². The predicted octanol–water partition coefficient (Wildman–Crippen LogP) is 4.00. The molecule has 0 aromatic heterocycles. The molecular formula is C17H16O2. The summed E-state index contributed by atoms with van der Waals surface area (Å²) < 4.78 is 5.26. The van der Waals surface area contributed by atoms with E-state index in [1.165, 1.54) is 0 Å². The number of aryl methyl sites for hydroxylation is 1. The van der Waals surface area contributed by atoms with Gasteiger partial charge in [0, 0.05) is 0 Å². The lowest BCUT2D eigenvalue weighted by atomic mass is 10.1. The van der Waals surface area contributed by atoms with Gasteiger partial charge < -0.3 is 4.74 Å². The van der Waals surface area contributed by atoms with E-state index in [0.29, 0.717) is 5.56 Å². The molecule has 0 unspecified atom stereocenters. The third-order valence-corrected chi connectivity index (χ3v) is 2.87. The lowest BCUT2D eigenvalue weighted by molar-refractivity contribution is 0.0472. The molecule has 2 aromatic rings. The molecule has 2 nitrogen and oxygen atoms in total. The first kappa shape index (κ1) is 13.1. The largest absolute Gasteiger partial charge is 0.457 e. The van der Waals surface area contributed by atoms with Gasteiger partial charge in [0.15, 0.2) is 0 Å². The van der Waals surface area contributed by atoms with E-state index in [2.05, 4.69) is 6.58 Å². The Morgan fingerprint density at radius 1 is 1.11 bits per heavy atom. The van der Waals surface area contributed by atoms with Gasteiger partial charge in [0.2, 0.25) is 0 Å². The maximum Gasteiger partial charge on any atom is 0.338 e. The average Bonchev–Trinajstić information content (AvgIpc) is 2.46. The van der Waals surface area contributed by atoms with Gasteiger partial charge in [-0.15, -0.1) is 0 Å². The van der Waals surface area contributed by atoms with E-state index in [0.717, 1.165) is 16.7 Å². The highest BCUT2D eigenvalue weighted by Crippen LogP contribution is 2.09. The molecule has 0 radical (unpaired) electrons. The Morgan fingerprint density at radius 2 is 1.74 bits per heavy atom. The maximum atomic E-state index is 11.8. The molecule has 0 amide bonds. The second-order valence-corrected chi connectivity index (χ2v) is 4.39. The summed E-state index contributed by atoms with van der Waals surface area (Å²) in [6.45, 7) is 5.96. The molecule has 0 atom stereocenters. The predicted molar refractivity (Wildman–Crippen MR) is 76.8 cm³/mol. The normalized spacial score (nSPS) is 9.95. The fourth-order valence-corrected chi connectivity index (χ4v) is 1.67. The van der Waals surface area contributed by atoms with Crippen LogP contribution in [0.2, 0.25) is 0 Å². The van der Waals surface area contributed by atoms with Crippen molar-refractivity contribution in [2.24, 2.45) is 0 Å². The van der Waals surface area contributed by atoms with Crippen molar-refractivity contribution in [3.63, 3.8) is 0 Å². The summed E-state index contributed by atoms with van der Waals surface area (Å²) in [4.78, 5) is 11.8. The second-order valence-electron chi connectivity index (χ2n) is 4.39. The van der Waals surface area contributed by atoms with Gasteiger partial charge in [-0.2, -0.15) is 0 Å². The van der Waals surface area contributed by atoms with Crippen LogP contribution in [-0.2, 0) is 11.3 Å². The Bertz CT molecular complexity index is 565. The fourth-order valence-electron chi connectivity index (χ4n) is 1.67. The minimum atomic E-state index is -0.298. The van der Waals surface area contributed by atoms with Gasteiger partial charge in [-0.25, -0.2) is 4.79 Å². The van der Waals surface area contributed by atoms with Crippen LogP contribution in [0.25, 0.3) is 6.08 Å². The minimum Gasteiger partial charge on any atom is -0.457 e. The molecule has 0 saturated heterocycles. The number of carbonyl (C=O) groups is 1. The quantitative estimate of drug-likeness (QED) is 0.769. The van der Waals surface area contributed by atoms with Crippen LogP contribution in [0.4, 0.5) is 0 Å². The number of ether oxygens (including phenoxy) is 1. The van der Waals surface area contributed by atoms with Crippen molar-refractivity contribution in [2.45, 2.75) is 13.5 Å². The SMILES string of the molecule is C=Cc1ccc(COC(=O)c2ccc(C)cc2)cc1.